The maximum atomic E-state index is 10.4. The highest BCUT2D eigenvalue weighted by Crippen LogP contribution is 1.84. The first kappa shape index (κ1) is 9.25. The van der Waals surface area contributed by atoms with Crippen molar-refractivity contribution in [1.29, 1.82) is 0 Å². The van der Waals surface area contributed by atoms with E-state index in [-0.39, 0.29) is 13.6 Å². The molecular formula is C4H9BO5. The number of hydrogen-bond donors (Lipinski definition) is 0. The Kier molecular flexibility index (Phi) is 5.90. The number of methoxy groups -OCH3 is 1. The van der Waals surface area contributed by atoms with Crippen LogP contribution in [0.3, 0.4) is 0 Å². The molecule has 0 atom stereocenters. The first-order valence-corrected chi connectivity index (χ1v) is 2.58. The highest BCUT2D eigenvalue weighted by molar-refractivity contribution is 5.97. The molecule has 58 valence electrons. The Bertz CT molecular complexity index is 85.6. The summed E-state index contributed by atoms with van der Waals surface area (Å²) >= 11 is 0. The van der Waals surface area contributed by atoms with Crippen molar-refractivity contribution in [2.45, 2.75) is 0 Å². The van der Waals surface area contributed by atoms with Gasteiger partial charge in [-0.15, -0.1) is 0 Å². The molecule has 5 nitrogen and oxygen atoms in total. The number of ether oxygens (including phenoxy) is 3. The van der Waals surface area contributed by atoms with E-state index < -0.39 is 6.16 Å². The van der Waals surface area contributed by atoms with Crippen LogP contribution in [0, 0.1) is 0 Å². The lowest BCUT2D eigenvalue weighted by Crippen LogP contribution is -2.10. The molecule has 0 rings (SSSR count). The van der Waals surface area contributed by atoms with Gasteiger partial charge in [-0.1, -0.05) is 0 Å². The Hall–Kier alpha value is -0.745. The maximum absolute atomic E-state index is 10.4. The Morgan fingerprint density at radius 2 is 2.00 bits per heavy atom. The first-order chi connectivity index (χ1) is 4.81. The van der Waals surface area contributed by atoms with Crippen LogP contribution < -0.4 is 0 Å². The third-order valence-corrected chi connectivity index (χ3v) is 0.589. The average molecular weight is 148 g/mol. The Balaban J connectivity index is 3.09. The quantitative estimate of drug-likeness (QED) is 0.298. The van der Waals surface area contributed by atoms with E-state index in [2.05, 4.69) is 18.9 Å². The fraction of sp³-hybridized carbons (Fsp3) is 0.750. The van der Waals surface area contributed by atoms with Gasteiger partial charge in [-0.05, 0) is 0 Å². The summed E-state index contributed by atoms with van der Waals surface area (Å²) in [5.74, 6) is 0. The van der Waals surface area contributed by atoms with Crippen molar-refractivity contribution in [2.24, 2.45) is 0 Å². The summed E-state index contributed by atoms with van der Waals surface area (Å²) in [6.45, 7) is -0.217. The molecule has 0 radical (unpaired) electrons. The van der Waals surface area contributed by atoms with Gasteiger partial charge in [0.2, 0.25) is 0 Å². The van der Waals surface area contributed by atoms with Crippen molar-refractivity contribution >= 4 is 14.2 Å². The molecule has 0 heterocycles. The number of carbonyl (C=O) groups is 1. The fourth-order valence-corrected chi connectivity index (χ4v) is 0.256. The molecule has 0 aromatic heterocycles. The normalized spacial score (nSPS) is 8.90. The molecule has 0 bridgehead atoms. The van der Waals surface area contributed by atoms with E-state index in [1.807, 2.05) is 0 Å². The second-order valence-corrected chi connectivity index (χ2v) is 1.35. The van der Waals surface area contributed by atoms with Crippen molar-refractivity contribution in [3.63, 3.8) is 0 Å². The summed E-state index contributed by atoms with van der Waals surface area (Å²) in [4.78, 5) is 10.4. The number of rotatable bonds is 4. The lowest BCUT2D eigenvalue weighted by molar-refractivity contribution is -0.0454. The van der Waals surface area contributed by atoms with Crippen molar-refractivity contribution in [3.8, 4) is 0 Å². The van der Waals surface area contributed by atoms with Crippen LogP contribution in [0.1, 0.15) is 0 Å². The van der Waals surface area contributed by atoms with Crippen LogP contribution >= 0.6 is 0 Å². The molecule has 0 unspecified atom stereocenters. The summed E-state index contributed by atoms with van der Waals surface area (Å²) in [7, 11) is 2.81. The van der Waals surface area contributed by atoms with Gasteiger partial charge in [0.05, 0.1) is 0 Å². The first-order valence-electron chi connectivity index (χ1n) is 2.58. The molecule has 6 heteroatoms. The third kappa shape index (κ3) is 5.39. The van der Waals surface area contributed by atoms with E-state index in [1.165, 1.54) is 15.2 Å². The van der Waals surface area contributed by atoms with Crippen molar-refractivity contribution in [2.75, 3.05) is 20.7 Å². The standard InChI is InChI=1S/C4H9BO5/c1-7-2-8-4(6)9-3-10-5/h2-3,5H2,1H3. The van der Waals surface area contributed by atoms with Crippen LogP contribution in [0.2, 0.25) is 0 Å². The average Bonchev–Trinajstić information content (AvgIpc) is 1.97. The van der Waals surface area contributed by atoms with Gasteiger partial charge in [0.1, 0.15) is 0 Å². The highest BCUT2D eigenvalue weighted by atomic mass is 16.8. The molecule has 0 aliphatic rings. The summed E-state index contributed by atoms with van der Waals surface area (Å²) in [5.41, 5.74) is 0. The van der Waals surface area contributed by atoms with Crippen LogP contribution in [-0.2, 0) is 18.9 Å². The van der Waals surface area contributed by atoms with E-state index in [9.17, 15) is 4.79 Å². The monoisotopic (exact) mass is 148 g/mol. The van der Waals surface area contributed by atoms with Crippen LogP contribution in [0.4, 0.5) is 4.79 Å². The molecule has 0 aliphatic heterocycles. The van der Waals surface area contributed by atoms with Gasteiger partial charge in [-0.3, -0.25) is 0 Å². The molecule has 0 aromatic carbocycles. The third-order valence-electron chi connectivity index (χ3n) is 0.589. The lowest BCUT2D eigenvalue weighted by atomic mass is 10.6. The molecule has 10 heavy (non-hydrogen) atoms. The molecule has 0 aliphatic carbocycles. The molecule has 0 N–H and O–H groups in total. The van der Waals surface area contributed by atoms with Gasteiger partial charge in [-0.2, -0.15) is 0 Å². The molecule has 0 saturated heterocycles. The second kappa shape index (κ2) is 6.38. The predicted molar refractivity (Wildman–Crippen MR) is 33.9 cm³/mol. The largest absolute Gasteiger partial charge is 0.512 e. The summed E-state index contributed by atoms with van der Waals surface area (Å²) in [6, 6.07) is 0. The zero-order valence-electron chi connectivity index (χ0n) is 5.96. The van der Waals surface area contributed by atoms with Crippen LogP contribution in [0.25, 0.3) is 0 Å². The molecule has 0 aromatic rings. The van der Waals surface area contributed by atoms with E-state index >= 15 is 0 Å². The Morgan fingerprint density at radius 1 is 1.40 bits per heavy atom. The minimum absolute atomic E-state index is 0.109. The Labute approximate surface area is 59.6 Å². The predicted octanol–water partition coefficient (Wildman–Crippen LogP) is -0.734. The van der Waals surface area contributed by atoms with Crippen LogP contribution in [0.15, 0.2) is 0 Å². The lowest BCUT2D eigenvalue weighted by Gasteiger charge is -2.02. The number of hydrogen-bond acceptors (Lipinski definition) is 5. The van der Waals surface area contributed by atoms with Crippen molar-refractivity contribution in [3.05, 3.63) is 0 Å². The van der Waals surface area contributed by atoms with E-state index in [0.717, 1.165) is 0 Å². The molecule has 0 fully saturated rings. The minimum Gasteiger partial charge on any atom is -0.414 e. The van der Waals surface area contributed by atoms with E-state index in [1.54, 1.807) is 0 Å². The molecule has 0 spiro atoms. The summed E-state index contributed by atoms with van der Waals surface area (Å²) in [6.07, 6.45) is -0.802. The van der Waals surface area contributed by atoms with Gasteiger partial charge in [-0.25, -0.2) is 4.79 Å². The van der Waals surface area contributed by atoms with E-state index in [4.69, 9.17) is 0 Å². The SMILES string of the molecule is BOCOC(=O)OCOC. The maximum Gasteiger partial charge on any atom is 0.512 e. The zero-order valence-corrected chi connectivity index (χ0v) is 5.96. The van der Waals surface area contributed by atoms with Crippen LogP contribution in [0.5, 0.6) is 0 Å². The van der Waals surface area contributed by atoms with Gasteiger partial charge in [0.15, 0.2) is 13.6 Å². The Morgan fingerprint density at radius 3 is 2.50 bits per heavy atom. The molecule has 0 amide bonds. The van der Waals surface area contributed by atoms with Gasteiger partial charge in [0, 0.05) is 7.11 Å². The smallest absolute Gasteiger partial charge is 0.414 e. The van der Waals surface area contributed by atoms with Gasteiger partial charge < -0.3 is 18.9 Å². The molecule has 0 saturated carbocycles. The molecular weight excluding hydrogens is 139 g/mol. The van der Waals surface area contributed by atoms with E-state index in [0.29, 0.717) is 0 Å². The van der Waals surface area contributed by atoms with Crippen molar-refractivity contribution < 1.29 is 23.7 Å². The summed E-state index contributed by atoms with van der Waals surface area (Å²) in [5, 5.41) is 0. The topological polar surface area (TPSA) is 54.0 Å². The van der Waals surface area contributed by atoms with Gasteiger partial charge in [0.25, 0.3) is 8.05 Å². The second-order valence-electron chi connectivity index (χ2n) is 1.35. The van der Waals surface area contributed by atoms with Gasteiger partial charge >= 0.3 is 6.16 Å². The zero-order chi connectivity index (χ0) is 7.82. The van der Waals surface area contributed by atoms with Crippen molar-refractivity contribution in [1.82, 2.24) is 0 Å². The highest BCUT2D eigenvalue weighted by Gasteiger charge is 1.99. The summed E-state index contributed by atoms with van der Waals surface area (Å²) < 4.78 is 17.5. The minimum atomic E-state index is -0.802. The fourth-order valence-electron chi connectivity index (χ4n) is 0.256. The van der Waals surface area contributed by atoms with Crippen LogP contribution in [-0.4, -0.2) is 34.9 Å². The number of carbonyl (C=O) groups excluding carboxylic acids is 1.